The third-order valence-corrected chi connectivity index (χ3v) is 6.26. The molecule has 1 N–H and O–H groups in total. The SMILES string of the molecule is Cc1cc(S(=O)(=O)N2CCNCC2c2cccc(Cl)c2)c(C)o1.Cl. The van der Waals surface area contributed by atoms with Crippen molar-refractivity contribution in [3.8, 4) is 0 Å². The molecule has 1 atom stereocenters. The highest BCUT2D eigenvalue weighted by Gasteiger charge is 2.36. The summed E-state index contributed by atoms with van der Waals surface area (Å²) in [6.07, 6.45) is 0. The number of halogens is 2. The fourth-order valence-corrected chi connectivity index (χ4v) is 5.00. The second kappa shape index (κ2) is 7.45. The van der Waals surface area contributed by atoms with E-state index >= 15 is 0 Å². The highest BCUT2D eigenvalue weighted by Crippen LogP contribution is 2.32. The van der Waals surface area contributed by atoms with E-state index in [1.165, 1.54) is 4.31 Å². The Hall–Kier alpha value is -1.05. The fourth-order valence-electron chi connectivity index (χ4n) is 2.96. The highest BCUT2D eigenvalue weighted by molar-refractivity contribution is 7.89. The Kier molecular flexibility index (Phi) is 5.99. The molecule has 1 unspecified atom stereocenters. The minimum Gasteiger partial charge on any atom is -0.465 e. The van der Waals surface area contributed by atoms with Gasteiger partial charge >= 0.3 is 0 Å². The van der Waals surface area contributed by atoms with E-state index in [1.54, 1.807) is 26.0 Å². The molecule has 2 aromatic rings. The first-order valence-electron chi connectivity index (χ1n) is 7.44. The van der Waals surface area contributed by atoms with Crippen molar-refractivity contribution in [2.75, 3.05) is 19.6 Å². The Morgan fingerprint density at radius 2 is 2.04 bits per heavy atom. The summed E-state index contributed by atoms with van der Waals surface area (Å²) in [5.74, 6) is 1.02. The molecule has 24 heavy (non-hydrogen) atoms. The van der Waals surface area contributed by atoms with Gasteiger partial charge in [-0.2, -0.15) is 4.31 Å². The lowest BCUT2D eigenvalue weighted by molar-refractivity contribution is 0.271. The number of piperazine rings is 1. The summed E-state index contributed by atoms with van der Waals surface area (Å²) >= 11 is 6.07. The van der Waals surface area contributed by atoms with Crippen molar-refractivity contribution in [1.29, 1.82) is 0 Å². The van der Waals surface area contributed by atoms with Gasteiger partial charge in [0, 0.05) is 24.7 Å². The van der Waals surface area contributed by atoms with Crippen LogP contribution in [0.3, 0.4) is 0 Å². The van der Waals surface area contributed by atoms with Crippen molar-refractivity contribution in [2.24, 2.45) is 0 Å². The van der Waals surface area contributed by atoms with Gasteiger partial charge in [-0.05, 0) is 37.6 Å². The van der Waals surface area contributed by atoms with Crippen LogP contribution in [0.15, 0.2) is 39.6 Å². The molecular formula is C16H20Cl2N2O3S. The van der Waals surface area contributed by atoms with E-state index in [1.807, 2.05) is 18.2 Å². The summed E-state index contributed by atoms with van der Waals surface area (Å²) in [6, 6.07) is 8.63. The molecule has 0 amide bonds. The van der Waals surface area contributed by atoms with Gasteiger partial charge < -0.3 is 9.73 Å². The molecule has 1 aliphatic rings. The number of hydrogen-bond donors (Lipinski definition) is 1. The summed E-state index contributed by atoms with van der Waals surface area (Å²) in [5.41, 5.74) is 0.881. The van der Waals surface area contributed by atoms with Crippen LogP contribution < -0.4 is 5.32 Å². The van der Waals surface area contributed by atoms with Gasteiger partial charge in [0.15, 0.2) is 0 Å². The van der Waals surface area contributed by atoms with Crippen LogP contribution in [0.1, 0.15) is 23.1 Å². The summed E-state index contributed by atoms with van der Waals surface area (Å²) in [6.45, 7) is 5.00. The maximum absolute atomic E-state index is 13.1. The summed E-state index contributed by atoms with van der Waals surface area (Å²) in [5, 5.41) is 3.85. The quantitative estimate of drug-likeness (QED) is 0.872. The molecule has 1 fully saturated rings. The number of aryl methyl sites for hydroxylation is 2. The van der Waals surface area contributed by atoms with Crippen molar-refractivity contribution in [3.05, 3.63) is 52.4 Å². The van der Waals surface area contributed by atoms with Crippen LogP contribution in [0.4, 0.5) is 0 Å². The van der Waals surface area contributed by atoms with Gasteiger partial charge in [0.25, 0.3) is 0 Å². The zero-order valence-corrected chi connectivity index (χ0v) is 15.8. The summed E-state index contributed by atoms with van der Waals surface area (Å²) < 4.78 is 33.1. The molecule has 1 aromatic heterocycles. The Balaban J connectivity index is 0.00000208. The number of hydrogen-bond acceptors (Lipinski definition) is 4. The van der Waals surface area contributed by atoms with Crippen LogP contribution >= 0.6 is 24.0 Å². The molecule has 0 spiro atoms. The van der Waals surface area contributed by atoms with Crippen LogP contribution in [0, 0.1) is 13.8 Å². The Labute approximate surface area is 153 Å². The predicted molar refractivity (Wildman–Crippen MR) is 96.4 cm³/mol. The molecule has 1 aliphatic heterocycles. The molecule has 1 saturated heterocycles. The van der Waals surface area contributed by atoms with E-state index in [0.29, 0.717) is 36.2 Å². The molecule has 1 aromatic carbocycles. The zero-order chi connectivity index (χ0) is 16.6. The van der Waals surface area contributed by atoms with Gasteiger partial charge in [-0.25, -0.2) is 8.42 Å². The Morgan fingerprint density at radius 1 is 1.29 bits per heavy atom. The average molecular weight is 391 g/mol. The molecule has 132 valence electrons. The third kappa shape index (κ3) is 3.63. The van der Waals surface area contributed by atoms with Crippen molar-refractivity contribution in [1.82, 2.24) is 9.62 Å². The normalized spacial score (nSPS) is 19.0. The van der Waals surface area contributed by atoms with Crippen molar-refractivity contribution >= 4 is 34.0 Å². The Bertz CT molecular complexity index is 820. The monoisotopic (exact) mass is 390 g/mol. The molecule has 8 heteroatoms. The van der Waals surface area contributed by atoms with Gasteiger partial charge in [0.2, 0.25) is 10.0 Å². The number of benzene rings is 1. The van der Waals surface area contributed by atoms with E-state index in [2.05, 4.69) is 5.32 Å². The molecule has 0 aliphatic carbocycles. The lowest BCUT2D eigenvalue weighted by Gasteiger charge is -2.35. The molecule has 2 heterocycles. The van der Waals surface area contributed by atoms with Gasteiger partial charge in [0.1, 0.15) is 16.4 Å². The molecule has 3 rings (SSSR count). The van der Waals surface area contributed by atoms with Gasteiger partial charge in [-0.3, -0.25) is 0 Å². The lowest BCUT2D eigenvalue weighted by atomic mass is 10.1. The van der Waals surface area contributed by atoms with E-state index in [4.69, 9.17) is 16.0 Å². The molecule has 0 radical (unpaired) electrons. The number of sulfonamides is 1. The van der Waals surface area contributed by atoms with Crippen LogP contribution in [0.5, 0.6) is 0 Å². The van der Waals surface area contributed by atoms with Crippen LogP contribution in [0.25, 0.3) is 0 Å². The fraction of sp³-hybridized carbons (Fsp3) is 0.375. The predicted octanol–water partition coefficient (Wildman–Crippen LogP) is 3.31. The highest BCUT2D eigenvalue weighted by atomic mass is 35.5. The van der Waals surface area contributed by atoms with Crippen LogP contribution in [-0.4, -0.2) is 32.4 Å². The first-order chi connectivity index (χ1) is 10.9. The van der Waals surface area contributed by atoms with Crippen molar-refractivity contribution in [2.45, 2.75) is 24.8 Å². The molecule has 0 bridgehead atoms. The van der Waals surface area contributed by atoms with E-state index < -0.39 is 10.0 Å². The van der Waals surface area contributed by atoms with E-state index in [0.717, 1.165) is 5.56 Å². The first-order valence-corrected chi connectivity index (χ1v) is 9.26. The molecular weight excluding hydrogens is 371 g/mol. The van der Waals surface area contributed by atoms with E-state index in [-0.39, 0.29) is 23.3 Å². The number of nitrogens with zero attached hydrogens (tertiary/aromatic N) is 1. The van der Waals surface area contributed by atoms with Gasteiger partial charge in [-0.15, -0.1) is 12.4 Å². The summed E-state index contributed by atoms with van der Waals surface area (Å²) in [4.78, 5) is 0.240. The third-order valence-electron chi connectivity index (χ3n) is 4.01. The Morgan fingerprint density at radius 3 is 2.67 bits per heavy atom. The van der Waals surface area contributed by atoms with Gasteiger partial charge in [-0.1, -0.05) is 23.7 Å². The molecule has 0 saturated carbocycles. The van der Waals surface area contributed by atoms with Crippen LogP contribution in [0.2, 0.25) is 5.02 Å². The lowest BCUT2D eigenvalue weighted by Crippen LogP contribution is -2.48. The minimum atomic E-state index is -3.63. The van der Waals surface area contributed by atoms with Crippen molar-refractivity contribution < 1.29 is 12.8 Å². The maximum Gasteiger partial charge on any atom is 0.247 e. The van der Waals surface area contributed by atoms with Crippen LogP contribution in [-0.2, 0) is 10.0 Å². The maximum atomic E-state index is 13.1. The minimum absolute atomic E-state index is 0. The average Bonchev–Trinajstić information content (AvgIpc) is 2.87. The number of furan rings is 1. The topological polar surface area (TPSA) is 62.6 Å². The largest absolute Gasteiger partial charge is 0.465 e. The van der Waals surface area contributed by atoms with E-state index in [9.17, 15) is 8.42 Å². The smallest absolute Gasteiger partial charge is 0.247 e. The standard InChI is InChI=1S/C16H19ClN2O3S.ClH/c1-11-8-16(12(2)22-11)23(20,21)19-7-6-18-10-15(19)13-4-3-5-14(17)9-13;/h3-5,8-9,15,18H,6-7,10H2,1-2H3;1H. The van der Waals surface area contributed by atoms with Gasteiger partial charge in [0.05, 0.1) is 6.04 Å². The van der Waals surface area contributed by atoms with Crippen molar-refractivity contribution in [3.63, 3.8) is 0 Å². The number of rotatable bonds is 3. The zero-order valence-electron chi connectivity index (χ0n) is 13.5. The summed E-state index contributed by atoms with van der Waals surface area (Å²) in [7, 11) is -3.63. The second-order valence-corrected chi connectivity index (χ2v) is 7.96. The first kappa shape index (κ1) is 19.3. The second-order valence-electron chi connectivity index (χ2n) is 5.67. The molecule has 5 nitrogen and oxygen atoms in total. The number of nitrogens with one attached hydrogen (secondary N) is 1.